The van der Waals surface area contributed by atoms with Gasteiger partial charge in [-0.1, -0.05) is 23.7 Å². The topological polar surface area (TPSA) is 38.7 Å². The number of methoxy groups -OCH3 is 1. The highest BCUT2D eigenvalue weighted by atomic mass is 35.5. The third kappa shape index (κ3) is 6.36. The van der Waals surface area contributed by atoms with Gasteiger partial charge in [-0.05, 0) is 36.5 Å². The Morgan fingerprint density at radius 1 is 1.17 bits per heavy atom. The van der Waals surface area contributed by atoms with Crippen molar-refractivity contribution in [3.05, 3.63) is 34.9 Å². The third-order valence-corrected chi connectivity index (χ3v) is 3.05. The fourth-order valence-corrected chi connectivity index (χ4v) is 1.83. The van der Waals surface area contributed by atoms with Gasteiger partial charge in [0.2, 0.25) is 0 Å². The minimum absolute atomic E-state index is 0.177. The number of aliphatic hydroxyl groups is 1. The molecule has 1 aromatic rings. The zero-order valence-electron chi connectivity index (χ0n) is 10.8. The van der Waals surface area contributed by atoms with Crippen LogP contribution in [0.4, 0.5) is 0 Å². The lowest BCUT2D eigenvalue weighted by atomic mass is 9.97. The van der Waals surface area contributed by atoms with E-state index in [9.17, 15) is 5.11 Å². The van der Waals surface area contributed by atoms with E-state index in [2.05, 4.69) is 0 Å². The molecule has 1 rings (SSSR count). The SMILES string of the molecule is COCCOCCC(CO)Cc1ccc(Cl)cc1. The molecule has 0 aliphatic heterocycles. The second-order valence-electron chi connectivity index (χ2n) is 4.27. The summed E-state index contributed by atoms with van der Waals surface area (Å²) in [5, 5.41) is 10.1. The molecule has 18 heavy (non-hydrogen) atoms. The Bertz CT molecular complexity index is 313. The fraction of sp³-hybridized carbons (Fsp3) is 0.571. The van der Waals surface area contributed by atoms with E-state index >= 15 is 0 Å². The average Bonchev–Trinajstić information content (AvgIpc) is 2.39. The normalized spacial score (nSPS) is 12.6. The van der Waals surface area contributed by atoms with E-state index in [1.165, 1.54) is 5.56 Å². The molecular formula is C14H21ClO3. The molecule has 0 aliphatic carbocycles. The van der Waals surface area contributed by atoms with Crippen molar-refractivity contribution in [3.63, 3.8) is 0 Å². The summed E-state index contributed by atoms with van der Waals surface area (Å²) >= 11 is 5.83. The maximum Gasteiger partial charge on any atom is 0.0700 e. The van der Waals surface area contributed by atoms with Crippen LogP contribution in [0.2, 0.25) is 5.02 Å². The van der Waals surface area contributed by atoms with E-state index in [1.807, 2.05) is 24.3 Å². The second kappa shape index (κ2) is 9.34. The molecule has 0 radical (unpaired) electrons. The summed E-state index contributed by atoms with van der Waals surface area (Å²) in [7, 11) is 1.65. The first-order chi connectivity index (χ1) is 8.76. The number of rotatable bonds is 9. The number of aliphatic hydroxyl groups excluding tert-OH is 1. The molecule has 4 heteroatoms. The molecule has 0 amide bonds. The standard InChI is InChI=1S/C14H21ClO3/c1-17-8-9-18-7-6-13(11-16)10-12-2-4-14(15)5-3-12/h2-5,13,16H,6-11H2,1H3. The summed E-state index contributed by atoms with van der Waals surface area (Å²) in [4.78, 5) is 0. The van der Waals surface area contributed by atoms with E-state index < -0.39 is 0 Å². The first-order valence-corrected chi connectivity index (χ1v) is 6.56. The highest BCUT2D eigenvalue weighted by molar-refractivity contribution is 6.30. The van der Waals surface area contributed by atoms with E-state index in [-0.39, 0.29) is 12.5 Å². The Hall–Kier alpha value is -0.610. The molecule has 0 spiro atoms. The van der Waals surface area contributed by atoms with Gasteiger partial charge in [-0.2, -0.15) is 0 Å². The molecule has 1 aromatic carbocycles. The van der Waals surface area contributed by atoms with Crippen molar-refractivity contribution in [1.29, 1.82) is 0 Å². The zero-order chi connectivity index (χ0) is 13.2. The van der Waals surface area contributed by atoms with Gasteiger partial charge >= 0.3 is 0 Å². The molecule has 0 bridgehead atoms. The molecule has 3 nitrogen and oxygen atoms in total. The van der Waals surface area contributed by atoms with Crippen molar-refractivity contribution >= 4 is 11.6 Å². The minimum atomic E-state index is 0.177. The molecule has 0 heterocycles. The molecular weight excluding hydrogens is 252 g/mol. The molecule has 1 N–H and O–H groups in total. The lowest BCUT2D eigenvalue weighted by Crippen LogP contribution is -2.14. The van der Waals surface area contributed by atoms with Crippen LogP contribution < -0.4 is 0 Å². The van der Waals surface area contributed by atoms with Crippen LogP contribution in [-0.2, 0) is 15.9 Å². The van der Waals surface area contributed by atoms with Crippen molar-refractivity contribution in [2.75, 3.05) is 33.5 Å². The number of hydrogen-bond donors (Lipinski definition) is 1. The van der Waals surface area contributed by atoms with Crippen LogP contribution in [0.15, 0.2) is 24.3 Å². The largest absolute Gasteiger partial charge is 0.396 e. The average molecular weight is 273 g/mol. The van der Waals surface area contributed by atoms with Gasteiger partial charge in [-0.3, -0.25) is 0 Å². The van der Waals surface area contributed by atoms with Gasteiger partial charge < -0.3 is 14.6 Å². The minimum Gasteiger partial charge on any atom is -0.396 e. The van der Waals surface area contributed by atoms with E-state index in [0.29, 0.717) is 19.8 Å². The second-order valence-corrected chi connectivity index (χ2v) is 4.71. The Labute approximate surface area is 114 Å². The number of ether oxygens (including phenoxy) is 2. The summed E-state index contributed by atoms with van der Waals surface area (Å²) in [5.41, 5.74) is 1.19. The Kier molecular flexibility index (Phi) is 8.01. The summed E-state index contributed by atoms with van der Waals surface area (Å²) in [5.74, 6) is 0.230. The summed E-state index contributed by atoms with van der Waals surface area (Å²) in [6.07, 6.45) is 1.70. The van der Waals surface area contributed by atoms with E-state index in [0.717, 1.165) is 17.9 Å². The molecule has 102 valence electrons. The molecule has 0 fully saturated rings. The van der Waals surface area contributed by atoms with Gasteiger partial charge in [0, 0.05) is 25.3 Å². The van der Waals surface area contributed by atoms with Gasteiger partial charge in [-0.25, -0.2) is 0 Å². The van der Waals surface area contributed by atoms with Crippen molar-refractivity contribution in [2.45, 2.75) is 12.8 Å². The van der Waals surface area contributed by atoms with Crippen LogP contribution in [0.5, 0.6) is 0 Å². The summed E-state index contributed by atoms with van der Waals surface area (Å²) in [6, 6.07) is 7.74. The fourth-order valence-electron chi connectivity index (χ4n) is 1.71. The predicted octanol–water partition coefficient (Wildman–Crippen LogP) is 2.54. The summed E-state index contributed by atoms with van der Waals surface area (Å²) < 4.78 is 10.3. The number of benzene rings is 1. The Morgan fingerprint density at radius 2 is 1.89 bits per heavy atom. The molecule has 0 saturated carbocycles. The van der Waals surface area contributed by atoms with E-state index in [4.69, 9.17) is 21.1 Å². The van der Waals surface area contributed by atoms with Crippen molar-refractivity contribution < 1.29 is 14.6 Å². The monoisotopic (exact) mass is 272 g/mol. The van der Waals surface area contributed by atoms with Crippen molar-refractivity contribution in [2.24, 2.45) is 5.92 Å². The van der Waals surface area contributed by atoms with Crippen LogP contribution in [0.1, 0.15) is 12.0 Å². The lowest BCUT2D eigenvalue weighted by Gasteiger charge is -2.14. The number of halogens is 1. The zero-order valence-corrected chi connectivity index (χ0v) is 11.5. The molecule has 0 saturated heterocycles. The predicted molar refractivity (Wildman–Crippen MR) is 73.0 cm³/mol. The maximum atomic E-state index is 9.34. The summed E-state index contributed by atoms with van der Waals surface area (Å²) in [6.45, 7) is 2.05. The van der Waals surface area contributed by atoms with E-state index in [1.54, 1.807) is 7.11 Å². The first kappa shape index (κ1) is 15.4. The van der Waals surface area contributed by atoms with Gasteiger partial charge in [0.15, 0.2) is 0 Å². The molecule has 0 aromatic heterocycles. The van der Waals surface area contributed by atoms with Gasteiger partial charge in [-0.15, -0.1) is 0 Å². The van der Waals surface area contributed by atoms with Crippen LogP contribution in [0.3, 0.4) is 0 Å². The Balaban J connectivity index is 2.26. The van der Waals surface area contributed by atoms with Crippen molar-refractivity contribution in [3.8, 4) is 0 Å². The van der Waals surface area contributed by atoms with Crippen LogP contribution in [0, 0.1) is 5.92 Å². The third-order valence-electron chi connectivity index (χ3n) is 2.80. The van der Waals surface area contributed by atoms with Crippen LogP contribution >= 0.6 is 11.6 Å². The lowest BCUT2D eigenvalue weighted by molar-refractivity contribution is 0.0588. The highest BCUT2D eigenvalue weighted by Gasteiger charge is 2.08. The first-order valence-electron chi connectivity index (χ1n) is 6.18. The van der Waals surface area contributed by atoms with Crippen LogP contribution in [-0.4, -0.2) is 38.6 Å². The number of hydrogen-bond acceptors (Lipinski definition) is 3. The van der Waals surface area contributed by atoms with Crippen molar-refractivity contribution in [1.82, 2.24) is 0 Å². The van der Waals surface area contributed by atoms with Gasteiger partial charge in [0.05, 0.1) is 13.2 Å². The Morgan fingerprint density at radius 3 is 2.50 bits per heavy atom. The van der Waals surface area contributed by atoms with Gasteiger partial charge in [0.25, 0.3) is 0 Å². The maximum absolute atomic E-state index is 9.34. The quantitative estimate of drug-likeness (QED) is 0.702. The molecule has 1 atom stereocenters. The molecule has 0 aliphatic rings. The molecule has 1 unspecified atom stereocenters. The highest BCUT2D eigenvalue weighted by Crippen LogP contribution is 2.15. The van der Waals surface area contributed by atoms with Crippen LogP contribution in [0.25, 0.3) is 0 Å². The smallest absolute Gasteiger partial charge is 0.0700 e. The van der Waals surface area contributed by atoms with Gasteiger partial charge in [0.1, 0.15) is 0 Å².